The Kier molecular flexibility index (Phi) is 7.83. The van der Waals surface area contributed by atoms with Crippen LogP contribution in [0.3, 0.4) is 0 Å². The number of phenolic OH excluding ortho intramolecular Hbond substituents is 1. The van der Waals surface area contributed by atoms with E-state index in [1.165, 1.54) is 18.3 Å². The van der Waals surface area contributed by atoms with Crippen molar-refractivity contribution in [3.63, 3.8) is 0 Å². The Morgan fingerprint density at radius 3 is 2.21 bits per heavy atom. The Labute approximate surface area is 197 Å². The van der Waals surface area contributed by atoms with Gasteiger partial charge in [0.15, 0.2) is 0 Å². The van der Waals surface area contributed by atoms with Crippen LogP contribution in [0.5, 0.6) is 5.75 Å². The van der Waals surface area contributed by atoms with Crippen molar-refractivity contribution >= 4 is 41.4 Å². The molecule has 0 aliphatic rings. The number of hydrazone groups is 1. The molecule has 3 rings (SSSR count). The number of phenols is 1. The van der Waals surface area contributed by atoms with Crippen LogP contribution in [-0.2, 0) is 4.79 Å². The van der Waals surface area contributed by atoms with Crippen molar-refractivity contribution in [2.75, 3.05) is 19.0 Å². The molecule has 0 aliphatic heterocycles. The van der Waals surface area contributed by atoms with Crippen LogP contribution in [-0.4, -0.2) is 37.2 Å². The van der Waals surface area contributed by atoms with Gasteiger partial charge in [-0.2, -0.15) is 5.10 Å². The van der Waals surface area contributed by atoms with E-state index in [0.29, 0.717) is 11.1 Å². The molecular weight excluding hydrogens is 440 g/mol. The topological polar surface area (TPSA) is 94.0 Å². The quantitative estimate of drug-likeness (QED) is 0.280. The fourth-order valence-corrected chi connectivity index (χ4v) is 3.04. The minimum atomic E-state index is -0.609. The number of hydrogen-bond donors (Lipinski definition) is 3. The largest absolute Gasteiger partial charge is 0.508 e. The van der Waals surface area contributed by atoms with Gasteiger partial charge < -0.3 is 15.3 Å². The van der Waals surface area contributed by atoms with Gasteiger partial charge in [-0.1, -0.05) is 35.9 Å². The molecule has 3 aromatic rings. The van der Waals surface area contributed by atoms with E-state index in [9.17, 15) is 14.7 Å². The number of nitrogens with zero attached hydrogens (tertiary/aromatic N) is 2. The number of carbonyl (C=O) groups excluding carboxylic acids is 2. The van der Waals surface area contributed by atoms with E-state index in [4.69, 9.17) is 11.6 Å². The molecule has 2 amide bonds. The number of nitrogens with one attached hydrogen (secondary N) is 2. The molecular formula is C25H23ClN4O3. The monoisotopic (exact) mass is 462 g/mol. The second-order valence-electron chi connectivity index (χ2n) is 7.27. The maximum absolute atomic E-state index is 12.8. The van der Waals surface area contributed by atoms with Crippen LogP contribution in [0.1, 0.15) is 21.5 Å². The maximum Gasteiger partial charge on any atom is 0.287 e. The van der Waals surface area contributed by atoms with Crippen molar-refractivity contribution in [1.82, 2.24) is 10.7 Å². The van der Waals surface area contributed by atoms with Crippen molar-refractivity contribution in [3.8, 4) is 5.75 Å². The summed E-state index contributed by atoms with van der Waals surface area (Å²) in [6, 6.07) is 20.4. The molecule has 0 fully saturated rings. The van der Waals surface area contributed by atoms with Crippen LogP contribution in [0.25, 0.3) is 6.08 Å². The molecule has 8 heteroatoms. The number of carbonyl (C=O) groups is 2. The molecule has 3 aromatic carbocycles. The molecule has 0 atom stereocenters. The van der Waals surface area contributed by atoms with Crippen molar-refractivity contribution in [1.29, 1.82) is 0 Å². The fraction of sp³-hybridized carbons (Fsp3) is 0.0800. The molecule has 0 unspecified atom stereocenters. The van der Waals surface area contributed by atoms with E-state index in [-0.39, 0.29) is 22.0 Å². The summed E-state index contributed by atoms with van der Waals surface area (Å²) in [6.07, 6.45) is 2.98. The molecule has 0 heterocycles. The van der Waals surface area contributed by atoms with E-state index >= 15 is 0 Å². The summed E-state index contributed by atoms with van der Waals surface area (Å²) in [5, 5.41) is 16.2. The lowest BCUT2D eigenvalue weighted by molar-refractivity contribution is -0.117. The average molecular weight is 463 g/mol. The Balaban J connectivity index is 1.83. The van der Waals surface area contributed by atoms with Gasteiger partial charge >= 0.3 is 0 Å². The predicted octanol–water partition coefficient (Wildman–Crippen LogP) is 4.03. The summed E-state index contributed by atoms with van der Waals surface area (Å²) in [5.41, 5.74) is 5.05. The van der Waals surface area contributed by atoms with Crippen LogP contribution in [0.4, 0.5) is 5.69 Å². The normalized spacial score (nSPS) is 11.3. The number of halogens is 1. The molecule has 0 radical (unpaired) electrons. The number of amides is 2. The molecule has 0 aliphatic carbocycles. The van der Waals surface area contributed by atoms with Crippen molar-refractivity contribution in [2.24, 2.45) is 5.10 Å². The molecule has 0 saturated carbocycles. The third-order valence-corrected chi connectivity index (χ3v) is 4.93. The van der Waals surface area contributed by atoms with E-state index < -0.39 is 11.8 Å². The Bertz CT molecular complexity index is 1190. The van der Waals surface area contributed by atoms with Gasteiger partial charge in [0.1, 0.15) is 11.4 Å². The summed E-state index contributed by atoms with van der Waals surface area (Å²) in [7, 11) is 3.86. The van der Waals surface area contributed by atoms with Gasteiger partial charge in [-0.25, -0.2) is 5.43 Å². The van der Waals surface area contributed by atoms with Gasteiger partial charge in [0, 0.05) is 19.8 Å². The lowest BCUT2D eigenvalue weighted by Gasteiger charge is -2.13. The van der Waals surface area contributed by atoms with E-state index in [0.717, 1.165) is 5.69 Å². The second kappa shape index (κ2) is 11.0. The van der Waals surface area contributed by atoms with Gasteiger partial charge in [0.2, 0.25) is 0 Å². The van der Waals surface area contributed by atoms with Crippen LogP contribution in [0.15, 0.2) is 83.6 Å². The van der Waals surface area contributed by atoms with Crippen molar-refractivity contribution in [2.45, 2.75) is 0 Å². The number of aromatic hydroxyl groups is 1. The first-order chi connectivity index (χ1) is 15.8. The number of benzene rings is 3. The average Bonchev–Trinajstić information content (AvgIpc) is 2.80. The number of hydrogen-bond acceptors (Lipinski definition) is 5. The first-order valence-corrected chi connectivity index (χ1v) is 10.4. The third kappa shape index (κ3) is 6.69. The van der Waals surface area contributed by atoms with E-state index in [1.54, 1.807) is 42.5 Å². The Hall–Kier alpha value is -4.10. The predicted molar refractivity (Wildman–Crippen MR) is 132 cm³/mol. The van der Waals surface area contributed by atoms with Crippen LogP contribution < -0.4 is 15.6 Å². The zero-order chi connectivity index (χ0) is 23.8. The van der Waals surface area contributed by atoms with Crippen LogP contribution in [0.2, 0.25) is 5.02 Å². The zero-order valence-corrected chi connectivity index (χ0v) is 18.9. The van der Waals surface area contributed by atoms with Crippen LogP contribution >= 0.6 is 11.6 Å². The lowest BCUT2D eigenvalue weighted by Crippen LogP contribution is -2.33. The van der Waals surface area contributed by atoms with Crippen LogP contribution in [0, 0.1) is 0 Å². The molecule has 3 N–H and O–H groups in total. The third-order valence-electron chi connectivity index (χ3n) is 4.60. The van der Waals surface area contributed by atoms with Gasteiger partial charge in [-0.05, 0) is 65.7 Å². The summed E-state index contributed by atoms with van der Waals surface area (Å²) in [5.74, 6) is -1.000. The molecule has 0 saturated heterocycles. The van der Waals surface area contributed by atoms with Gasteiger partial charge in [-0.3, -0.25) is 9.59 Å². The minimum absolute atomic E-state index is 0.000351. The summed E-state index contributed by atoms with van der Waals surface area (Å²) in [6.45, 7) is 0. The van der Waals surface area contributed by atoms with Gasteiger partial charge in [0.05, 0.1) is 16.8 Å². The SMILES string of the molecule is CN(C)c1ccc(C=C(NC(=O)c2ccccc2Cl)C(=O)NN=Cc2ccc(O)cc2)cc1. The molecule has 168 valence electrons. The van der Waals surface area contributed by atoms with E-state index in [1.807, 2.05) is 43.3 Å². The maximum atomic E-state index is 12.8. The smallest absolute Gasteiger partial charge is 0.287 e. The lowest BCUT2D eigenvalue weighted by atomic mass is 10.1. The molecule has 0 bridgehead atoms. The molecule has 0 spiro atoms. The molecule has 7 nitrogen and oxygen atoms in total. The molecule has 33 heavy (non-hydrogen) atoms. The van der Waals surface area contributed by atoms with Gasteiger partial charge in [0.25, 0.3) is 11.8 Å². The first-order valence-electron chi connectivity index (χ1n) is 10.0. The Morgan fingerprint density at radius 2 is 1.58 bits per heavy atom. The van der Waals surface area contributed by atoms with Gasteiger partial charge in [-0.15, -0.1) is 0 Å². The molecule has 0 aromatic heterocycles. The standard InChI is InChI=1S/C25H23ClN4O3/c1-30(2)19-11-7-17(8-12-19)15-23(28-24(32)21-5-3-4-6-22(21)26)25(33)29-27-16-18-9-13-20(31)14-10-18/h3-16,31H,1-2H3,(H,28,32)(H,29,33). The summed E-state index contributed by atoms with van der Waals surface area (Å²) >= 11 is 6.13. The second-order valence-corrected chi connectivity index (χ2v) is 7.68. The summed E-state index contributed by atoms with van der Waals surface area (Å²) < 4.78 is 0. The highest BCUT2D eigenvalue weighted by Crippen LogP contribution is 2.17. The van der Waals surface area contributed by atoms with Crippen molar-refractivity contribution < 1.29 is 14.7 Å². The highest BCUT2D eigenvalue weighted by molar-refractivity contribution is 6.34. The van der Waals surface area contributed by atoms with Crippen molar-refractivity contribution in [3.05, 3.63) is 100 Å². The highest BCUT2D eigenvalue weighted by atomic mass is 35.5. The highest BCUT2D eigenvalue weighted by Gasteiger charge is 2.16. The first kappa shape index (κ1) is 23.6. The Morgan fingerprint density at radius 1 is 0.939 bits per heavy atom. The number of anilines is 1. The minimum Gasteiger partial charge on any atom is -0.508 e. The fourth-order valence-electron chi connectivity index (χ4n) is 2.81. The number of rotatable bonds is 7. The zero-order valence-electron chi connectivity index (χ0n) is 18.1. The van der Waals surface area contributed by atoms with E-state index in [2.05, 4.69) is 15.8 Å². The summed E-state index contributed by atoms with van der Waals surface area (Å²) in [4.78, 5) is 27.5.